The molecule has 1 heterocycles. The molecule has 1 amide bonds. The Kier molecular flexibility index (Phi) is 2.12. The zero-order valence-corrected chi connectivity index (χ0v) is 8.23. The molecule has 1 fully saturated rings. The van der Waals surface area contributed by atoms with Crippen LogP contribution in [0.25, 0.3) is 0 Å². The number of hydrogen-bond acceptors (Lipinski definition) is 1. The van der Waals surface area contributed by atoms with Crippen LogP contribution >= 0.6 is 0 Å². The SMILES string of the molecule is C=C1CC(c2ccccc2)N1C(C)=O. The van der Waals surface area contributed by atoms with Gasteiger partial charge in [0.1, 0.15) is 0 Å². The Morgan fingerprint density at radius 2 is 2.07 bits per heavy atom. The molecule has 0 bridgehead atoms. The van der Waals surface area contributed by atoms with Crippen LogP contribution in [0.1, 0.15) is 24.9 Å². The van der Waals surface area contributed by atoms with E-state index in [0.717, 1.165) is 12.1 Å². The Morgan fingerprint density at radius 1 is 1.43 bits per heavy atom. The van der Waals surface area contributed by atoms with Crippen LogP contribution in [-0.2, 0) is 4.79 Å². The lowest BCUT2D eigenvalue weighted by Crippen LogP contribution is -2.41. The molecule has 2 nitrogen and oxygen atoms in total. The second-order valence-corrected chi connectivity index (χ2v) is 3.59. The molecule has 0 spiro atoms. The summed E-state index contributed by atoms with van der Waals surface area (Å²) in [7, 11) is 0. The number of rotatable bonds is 1. The number of carbonyl (C=O) groups is 1. The van der Waals surface area contributed by atoms with Crippen molar-refractivity contribution in [2.24, 2.45) is 0 Å². The fraction of sp³-hybridized carbons (Fsp3) is 0.250. The highest BCUT2D eigenvalue weighted by Gasteiger charge is 2.34. The van der Waals surface area contributed by atoms with Gasteiger partial charge in [-0.05, 0) is 5.56 Å². The van der Waals surface area contributed by atoms with Gasteiger partial charge in [0.05, 0.1) is 6.04 Å². The molecule has 0 N–H and O–H groups in total. The van der Waals surface area contributed by atoms with Crippen LogP contribution in [0.15, 0.2) is 42.6 Å². The first-order chi connectivity index (χ1) is 6.70. The molecular formula is C12H13NO. The second kappa shape index (κ2) is 3.29. The van der Waals surface area contributed by atoms with E-state index in [4.69, 9.17) is 0 Å². The van der Waals surface area contributed by atoms with Crippen molar-refractivity contribution in [1.29, 1.82) is 0 Å². The first kappa shape index (κ1) is 9.00. The largest absolute Gasteiger partial charge is 0.309 e. The molecular weight excluding hydrogens is 174 g/mol. The number of carbonyl (C=O) groups excluding carboxylic acids is 1. The fourth-order valence-corrected chi connectivity index (χ4v) is 1.91. The minimum Gasteiger partial charge on any atom is -0.309 e. The fourth-order valence-electron chi connectivity index (χ4n) is 1.91. The Bertz CT molecular complexity index is 361. The van der Waals surface area contributed by atoms with Gasteiger partial charge in [0, 0.05) is 19.0 Å². The predicted molar refractivity (Wildman–Crippen MR) is 55.5 cm³/mol. The van der Waals surface area contributed by atoms with Crippen molar-refractivity contribution in [3.05, 3.63) is 48.2 Å². The standard InChI is InChI=1S/C12H13NO/c1-9-8-12(13(9)10(2)14)11-6-4-3-5-7-11/h3-7,12H,1,8H2,2H3. The molecule has 2 heteroatoms. The monoisotopic (exact) mass is 187 g/mol. The summed E-state index contributed by atoms with van der Waals surface area (Å²) in [4.78, 5) is 13.0. The highest BCUT2D eigenvalue weighted by molar-refractivity contribution is 5.77. The Hall–Kier alpha value is -1.57. The lowest BCUT2D eigenvalue weighted by Gasteiger charge is -2.42. The molecule has 1 saturated heterocycles. The van der Waals surface area contributed by atoms with Crippen LogP contribution < -0.4 is 0 Å². The molecule has 1 aliphatic heterocycles. The third-order valence-corrected chi connectivity index (χ3v) is 2.60. The van der Waals surface area contributed by atoms with Gasteiger partial charge in [-0.1, -0.05) is 36.9 Å². The molecule has 1 aromatic rings. The number of amides is 1. The first-order valence-electron chi connectivity index (χ1n) is 4.72. The zero-order valence-electron chi connectivity index (χ0n) is 8.23. The van der Waals surface area contributed by atoms with Crippen LogP contribution in [0.3, 0.4) is 0 Å². The van der Waals surface area contributed by atoms with Crippen molar-refractivity contribution in [3.8, 4) is 0 Å². The number of benzene rings is 1. The van der Waals surface area contributed by atoms with Crippen LogP contribution in [-0.4, -0.2) is 10.8 Å². The van der Waals surface area contributed by atoms with Gasteiger partial charge in [0.15, 0.2) is 0 Å². The topological polar surface area (TPSA) is 20.3 Å². The third-order valence-electron chi connectivity index (χ3n) is 2.60. The van der Waals surface area contributed by atoms with E-state index in [1.54, 1.807) is 11.8 Å². The maximum atomic E-state index is 11.3. The normalized spacial score (nSPS) is 20.5. The second-order valence-electron chi connectivity index (χ2n) is 3.59. The molecule has 1 aliphatic rings. The third kappa shape index (κ3) is 1.33. The van der Waals surface area contributed by atoms with Crippen LogP contribution in [0.2, 0.25) is 0 Å². The zero-order chi connectivity index (χ0) is 10.1. The van der Waals surface area contributed by atoms with Crippen LogP contribution in [0.4, 0.5) is 0 Å². The lowest BCUT2D eigenvalue weighted by molar-refractivity contribution is -0.132. The molecule has 1 atom stereocenters. The van der Waals surface area contributed by atoms with Crippen molar-refractivity contribution < 1.29 is 4.79 Å². The van der Waals surface area contributed by atoms with Gasteiger partial charge in [-0.2, -0.15) is 0 Å². The lowest BCUT2D eigenvalue weighted by atomic mass is 9.92. The molecule has 72 valence electrons. The maximum Gasteiger partial charge on any atom is 0.224 e. The Morgan fingerprint density at radius 3 is 2.57 bits per heavy atom. The van der Waals surface area contributed by atoms with E-state index in [-0.39, 0.29) is 11.9 Å². The van der Waals surface area contributed by atoms with E-state index >= 15 is 0 Å². The van der Waals surface area contributed by atoms with Crippen molar-refractivity contribution in [3.63, 3.8) is 0 Å². The number of likely N-dealkylation sites (tertiary alicyclic amines) is 1. The summed E-state index contributed by atoms with van der Waals surface area (Å²) in [5.41, 5.74) is 2.11. The average molecular weight is 187 g/mol. The van der Waals surface area contributed by atoms with Gasteiger partial charge in [-0.3, -0.25) is 4.79 Å². The minimum atomic E-state index is 0.0788. The van der Waals surface area contributed by atoms with Gasteiger partial charge in [-0.15, -0.1) is 0 Å². The quantitative estimate of drug-likeness (QED) is 0.661. The van der Waals surface area contributed by atoms with Gasteiger partial charge >= 0.3 is 0 Å². The van der Waals surface area contributed by atoms with E-state index in [2.05, 4.69) is 6.58 Å². The van der Waals surface area contributed by atoms with Gasteiger partial charge in [0.2, 0.25) is 5.91 Å². The van der Waals surface area contributed by atoms with Gasteiger partial charge < -0.3 is 4.90 Å². The van der Waals surface area contributed by atoms with E-state index in [1.165, 1.54) is 5.56 Å². The maximum absolute atomic E-state index is 11.3. The molecule has 0 aromatic heterocycles. The summed E-state index contributed by atoms with van der Waals surface area (Å²) >= 11 is 0. The number of nitrogens with zero attached hydrogens (tertiary/aromatic N) is 1. The molecule has 1 unspecified atom stereocenters. The highest BCUT2D eigenvalue weighted by atomic mass is 16.2. The Balaban J connectivity index is 2.22. The first-order valence-corrected chi connectivity index (χ1v) is 4.72. The van der Waals surface area contributed by atoms with E-state index < -0.39 is 0 Å². The summed E-state index contributed by atoms with van der Waals surface area (Å²) < 4.78 is 0. The van der Waals surface area contributed by atoms with Gasteiger partial charge in [-0.25, -0.2) is 0 Å². The minimum absolute atomic E-state index is 0.0788. The van der Waals surface area contributed by atoms with Crippen LogP contribution in [0.5, 0.6) is 0 Å². The Labute approximate surface area is 83.8 Å². The van der Waals surface area contributed by atoms with Gasteiger partial charge in [0.25, 0.3) is 0 Å². The van der Waals surface area contributed by atoms with E-state index in [9.17, 15) is 4.79 Å². The van der Waals surface area contributed by atoms with Crippen LogP contribution in [0, 0.1) is 0 Å². The van der Waals surface area contributed by atoms with E-state index in [0.29, 0.717) is 0 Å². The molecule has 14 heavy (non-hydrogen) atoms. The van der Waals surface area contributed by atoms with Crippen molar-refractivity contribution >= 4 is 5.91 Å². The summed E-state index contributed by atoms with van der Waals surface area (Å²) in [6.07, 6.45) is 0.892. The average Bonchev–Trinajstić information content (AvgIpc) is 2.14. The molecule has 0 aliphatic carbocycles. The number of hydrogen-bond donors (Lipinski definition) is 0. The highest BCUT2D eigenvalue weighted by Crippen LogP contribution is 2.40. The van der Waals surface area contributed by atoms with Crippen molar-refractivity contribution in [1.82, 2.24) is 4.90 Å². The van der Waals surface area contributed by atoms with Crippen molar-refractivity contribution in [2.75, 3.05) is 0 Å². The summed E-state index contributed by atoms with van der Waals surface area (Å²) in [6.45, 7) is 5.43. The predicted octanol–water partition coefficient (Wildman–Crippen LogP) is 2.49. The smallest absolute Gasteiger partial charge is 0.224 e. The molecule has 2 rings (SSSR count). The van der Waals surface area contributed by atoms with E-state index in [1.807, 2.05) is 30.3 Å². The molecule has 0 saturated carbocycles. The molecule has 1 aromatic carbocycles. The summed E-state index contributed by atoms with van der Waals surface area (Å²) in [6, 6.07) is 10.3. The van der Waals surface area contributed by atoms with Crippen molar-refractivity contribution in [2.45, 2.75) is 19.4 Å². The molecule has 0 radical (unpaired) electrons. The summed E-state index contributed by atoms with van der Waals surface area (Å²) in [5, 5.41) is 0. The summed E-state index contributed by atoms with van der Waals surface area (Å²) in [5.74, 6) is 0.0788.